The largest absolute Gasteiger partial charge is 0.366 e. The summed E-state index contributed by atoms with van der Waals surface area (Å²) >= 11 is 0. The van der Waals surface area contributed by atoms with E-state index in [1.165, 1.54) is 0 Å². The summed E-state index contributed by atoms with van der Waals surface area (Å²) in [5.41, 5.74) is 1.64. The lowest BCUT2D eigenvalue weighted by Gasteiger charge is -2.23. The Labute approximate surface area is 116 Å². The fraction of sp³-hybridized carbons (Fsp3) is 0.500. The molecule has 0 fully saturated rings. The molecule has 0 aliphatic carbocycles. The number of hydrogen-bond donors (Lipinski definition) is 1. The summed E-state index contributed by atoms with van der Waals surface area (Å²) in [6, 6.07) is 5.67. The maximum Gasteiger partial charge on any atom is 0.146 e. The van der Waals surface area contributed by atoms with Crippen molar-refractivity contribution in [2.45, 2.75) is 33.2 Å². The minimum atomic E-state index is -0.161. The summed E-state index contributed by atoms with van der Waals surface area (Å²) in [6.45, 7) is 12.3. The lowest BCUT2D eigenvalue weighted by Crippen LogP contribution is -2.24. The van der Waals surface area contributed by atoms with Crippen molar-refractivity contribution < 1.29 is 4.39 Å². The van der Waals surface area contributed by atoms with Crippen molar-refractivity contribution in [1.82, 2.24) is 5.32 Å². The smallest absolute Gasteiger partial charge is 0.146 e. The number of nitrogens with zero attached hydrogens (tertiary/aromatic N) is 1. The molecule has 0 aliphatic heterocycles. The van der Waals surface area contributed by atoms with Crippen molar-refractivity contribution in [3.63, 3.8) is 0 Å². The maximum atomic E-state index is 14.2. The average molecular weight is 264 g/mol. The molecule has 1 atom stereocenters. The second-order valence-corrected chi connectivity index (χ2v) is 4.71. The molecule has 1 rings (SSSR count). The van der Waals surface area contributed by atoms with E-state index in [4.69, 9.17) is 0 Å². The van der Waals surface area contributed by atoms with Gasteiger partial charge in [-0.1, -0.05) is 19.1 Å². The van der Waals surface area contributed by atoms with E-state index in [0.29, 0.717) is 12.2 Å². The van der Waals surface area contributed by atoms with Crippen molar-refractivity contribution in [3.05, 3.63) is 42.2 Å². The van der Waals surface area contributed by atoms with Crippen LogP contribution in [0.15, 0.2) is 30.9 Å². The van der Waals surface area contributed by atoms with Crippen LogP contribution in [0.1, 0.15) is 38.8 Å². The summed E-state index contributed by atoms with van der Waals surface area (Å²) < 4.78 is 14.2. The Morgan fingerprint density at radius 1 is 1.42 bits per heavy atom. The van der Waals surface area contributed by atoms with Crippen LogP contribution in [0, 0.1) is 5.82 Å². The highest BCUT2D eigenvalue weighted by Gasteiger charge is 2.12. The average Bonchev–Trinajstić information content (AvgIpc) is 2.42. The zero-order valence-electron chi connectivity index (χ0n) is 12.2. The molecule has 106 valence electrons. The van der Waals surface area contributed by atoms with Crippen LogP contribution in [0.3, 0.4) is 0 Å². The van der Waals surface area contributed by atoms with Gasteiger partial charge in [-0.25, -0.2) is 4.39 Å². The first-order valence-electron chi connectivity index (χ1n) is 7.02. The molecule has 3 heteroatoms. The van der Waals surface area contributed by atoms with Gasteiger partial charge in [0.05, 0.1) is 5.69 Å². The van der Waals surface area contributed by atoms with Gasteiger partial charge >= 0.3 is 0 Å². The molecule has 0 spiro atoms. The van der Waals surface area contributed by atoms with Crippen LogP contribution in [0.5, 0.6) is 0 Å². The first-order chi connectivity index (χ1) is 9.13. The molecule has 19 heavy (non-hydrogen) atoms. The third-order valence-corrected chi connectivity index (χ3v) is 3.24. The number of anilines is 1. The SMILES string of the molecule is C=CCN(CC)c1ccc(C(C)NCCC)cc1F. The zero-order chi connectivity index (χ0) is 14.3. The van der Waals surface area contributed by atoms with Gasteiger partial charge < -0.3 is 10.2 Å². The van der Waals surface area contributed by atoms with Crippen LogP contribution in [-0.4, -0.2) is 19.6 Å². The summed E-state index contributed by atoms with van der Waals surface area (Å²) in [5.74, 6) is -0.161. The highest BCUT2D eigenvalue weighted by molar-refractivity contribution is 5.50. The highest BCUT2D eigenvalue weighted by atomic mass is 19.1. The van der Waals surface area contributed by atoms with E-state index in [-0.39, 0.29) is 11.9 Å². The van der Waals surface area contributed by atoms with Crippen LogP contribution in [-0.2, 0) is 0 Å². The summed E-state index contributed by atoms with van der Waals surface area (Å²) in [6.07, 6.45) is 2.87. The number of halogens is 1. The van der Waals surface area contributed by atoms with Crippen LogP contribution < -0.4 is 10.2 Å². The fourth-order valence-electron chi connectivity index (χ4n) is 2.08. The van der Waals surface area contributed by atoms with Crippen molar-refractivity contribution in [1.29, 1.82) is 0 Å². The maximum absolute atomic E-state index is 14.2. The molecular weight excluding hydrogens is 239 g/mol. The molecule has 0 aliphatic rings. The standard InChI is InChI=1S/C16H25FN2/c1-5-10-18-13(4)14-8-9-16(15(17)12-14)19(7-3)11-6-2/h6,8-9,12-13,18H,2,5,7,10-11H2,1,3-4H3. The summed E-state index contributed by atoms with van der Waals surface area (Å²) in [5, 5.41) is 3.37. The van der Waals surface area contributed by atoms with Crippen LogP contribution in [0.2, 0.25) is 0 Å². The van der Waals surface area contributed by atoms with Gasteiger partial charge in [0.2, 0.25) is 0 Å². The second-order valence-electron chi connectivity index (χ2n) is 4.71. The third-order valence-electron chi connectivity index (χ3n) is 3.24. The highest BCUT2D eigenvalue weighted by Crippen LogP contribution is 2.23. The minimum absolute atomic E-state index is 0.161. The number of hydrogen-bond acceptors (Lipinski definition) is 2. The van der Waals surface area contributed by atoms with E-state index in [9.17, 15) is 4.39 Å². The second kappa shape index (κ2) is 7.95. The Morgan fingerprint density at radius 3 is 2.68 bits per heavy atom. The van der Waals surface area contributed by atoms with Gasteiger partial charge in [-0.05, 0) is 44.5 Å². The molecule has 1 N–H and O–H groups in total. The Kier molecular flexibility index (Phi) is 6.57. The molecule has 1 aromatic rings. The van der Waals surface area contributed by atoms with E-state index in [1.54, 1.807) is 12.1 Å². The number of nitrogens with one attached hydrogen (secondary N) is 1. The Morgan fingerprint density at radius 2 is 2.16 bits per heavy atom. The number of rotatable bonds is 8. The van der Waals surface area contributed by atoms with Gasteiger partial charge in [0.15, 0.2) is 0 Å². The molecule has 0 heterocycles. The van der Waals surface area contributed by atoms with E-state index >= 15 is 0 Å². The first-order valence-corrected chi connectivity index (χ1v) is 7.02. The van der Waals surface area contributed by atoms with Gasteiger partial charge in [0.1, 0.15) is 5.82 Å². The molecule has 1 aromatic carbocycles. The Balaban J connectivity index is 2.86. The van der Waals surface area contributed by atoms with Crippen molar-refractivity contribution in [3.8, 4) is 0 Å². The zero-order valence-corrected chi connectivity index (χ0v) is 12.2. The summed E-state index contributed by atoms with van der Waals surface area (Å²) in [4.78, 5) is 1.97. The molecule has 0 radical (unpaired) electrons. The lowest BCUT2D eigenvalue weighted by molar-refractivity contribution is 0.561. The molecule has 1 unspecified atom stereocenters. The van der Waals surface area contributed by atoms with Gasteiger partial charge in [-0.2, -0.15) is 0 Å². The van der Waals surface area contributed by atoms with Gasteiger partial charge in [0.25, 0.3) is 0 Å². The van der Waals surface area contributed by atoms with Crippen LogP contribution in [0.25, 0.3) is 0 Å². The van der Waals surface area contributed by atoms with Crippen molar-refractivity contribution >= 4 is 5.69 Å². The predicted molar refractivity (Wildman–Crippen MR) is 81.2 cm³/mol. The first kappa shape index (κ1) is 15.7. The Bertz CT molecular complexity index is 404. The molecule has 0 aromatic heterocycles. The molecule has 0 amide bonds. The van der Waals surface area contributed by atoms with Crippen molar-refractivity contribution in [2.75, 3.05) is 24.5 Å². The molecule has 0 saturated heterocycles. The topological polar surface area (TPSA) is 15.3 Å². The molecule has 2 nitrogen and oxygen atoms in total. The number of likely N-dealkylation sites (N-methyl/N-ethyl adjacent to an activating group) is 1. The third kappa shape index (κ3) is 4.35. The molecule has 0 saturated carbocycles. The van der Waals surface area contributed by atoms with Gasteiger partial charge in [-0.3, -0.25) is 0 Å². The minimum Gasteiger partial charge on any atom is -0.366 e. The predicted octanol–water partition coefficient (Wildman–Crippen LogP) is 3.90. The van der Waals surface area contributed by atoms with E-state index in [1.807, 2.05) is 24.0 Å². The monoisotopic (exact) mass is 264 g/mol. The van der Waals surface area contributed by atoms with Gasteiger partial charge in [-0.15, -0.1) is 6.58 Å². The van der Waals surface area contributed by atoms with E-state index in [2.05, 4.69) is 25.7 Å². The van der Waals surface area contributed by atoms with E-state index in [0.717, 1.165) is 25.1 Å². The van der Waals surface area contributed by atoms with Crippen molar-refractivity contribution in [2.24, 2.45) is 0 Å². The van der Waals surface area contributed by atoms with Gasteiger partial charge in [0, 0.05) is 19.1 Å². The summed E-state index contributed by atoms with van der Waals surface area (Å²) in [7, 11) is 0. The normalized spacial score (nSPS) is 12.2. The number of benzene rings is 1. The molecular formula is C16H25FN2. The van der Waals surface area contributed by atoms with E-state index < -0.39 is 0 Å². The fourth-order valence-corrected chi connectivity index (χ4v) is 2.08. The van der Waals surface area contributed by atoms with Crippen LogP contribution >= 0.6 is 0 Å². The lowest BCUT2D eigenvalue weighted by atomic mass is 10.1. The van der Waals surface area contributed by atoms with Crippen LogP contribution in [0.4, 0.5) is 10.1 Å². The Hall–Kier alpha value is -1.35. The molecule has 0 bridgehead atoms. The quantitative estimate of drug-likeness (QED) is 0.716.